The summed E-state index contributed by atoms with van der Waals surface area (Å²) in [4.78, 5) is 0. The quantitative estimate of drug-likeness (QED) is 0.773. The molecule has 19 heavy (non-hydrogen) atoms. The fraction of sp³-hybridized carbons (Fsp3) is 0.667. The second-order valence-corrected chi connectivity index (χ2v) is 6.77. The van der Waals surface area contributed by atoms with Gasteiger partial charge in [0.2, 0.25) is 0 Å². The third kappa shape index (κ3) is 3.02. The highest BCUT2D eigenvalue weighted by molar-refractivity contribution is 5.33. The van der Waals surface area contributed by atoms with Crippen LogP contribution in [0.3, 0.4) is 0 Å². The topological polar surface area (TPSA) is 26.0 Å². The Balaban J connectivity index is 1.76. The molecule has 1 nitrogen and oxygen atoms in total. The third-order valence-corrected chi connectivity index (χ3v) is 5.25. The highest BCUT2D eigenvalue weighted by Gasteiger charge is 2.31. The smallest absolute Gasteiger partial charge is 0.0160 e. The van der Waals surface area contributed by atoms with Gasteiger partial charge in [-0.1, -0.05) is 49.9 Å². The summed E-state index contributed by atoms with van der Waals surface area (Å²) in [6.45, 7) is 0. The fourth-order valence-electron chi connectivity index (χ4n) is 4.19. The molecule has 1 unspecified atom stereocenters. The van der Waals surface area contributed by atoms with Crippen LogP contribution in [0.1, 0.15) is 74.8 Å². The summed E-state index contributed by atoms with van der Waals surface area (Å²) >= 11 is 0. The van der Waals surface area contributed by atoms with Crippen LogP contribution in [0.4, 0.5) is 0 Å². The zero-order valence-electron chi connectivity index (χ0n) is 12.0. The van der Waals surface area contributed by atoms with Crippen molar-refractivity contribution in [3.8, 4) is 0 Å². The minimum Gasteiger partial charge on any atom is -0.325 e. The number of fused-ring (bicyclic) bond motifs is 1. The lowest BCUT2D eigenvalue weighted by molar-refractivity contribution is 0.305. The van der Waals surface area contributed by atoms with E-state index in [1.165, 1.54) is 64.2 Å². The highest BCUT2D eigenvalue weighted by Crippen LogP contribution is 2.40. The van der Waals surface area contributed by atoms with E-state index in [9.17, 15) is 0 Å². The SMILES string of the molecule is NC1(CC2CCCc3ccccc32)CCCCCC1. The monoisotopic (exact) mass is 257 g/mol. The Labute approximate surface area is 117 Å². The molecule has 0 aliphatic heterocycles. The highest BCUT2D eigenvalue weighted by atomic mass is 14.7. The van der Waals surface area contributed by atoms with Crippen molar-refractivity contribution in [2.75, 3.05) is 0 Å². The number of aryl methyl sites for hydroxylation is 1. The number of hydrogen-bond acceptors (Lipinski definition) is 1. The Bertz CT molecular complexity index is 415. The Hall–Kier alpha value is -0.820. The first-order valence-electron chi connectivity index (χ1n) is 8.14. The predicted octanol–water partition coefficient (Wildman–Crippen LogP) is 4.55. The van der Waals surface area contributed by atoms with Crippen LogP contribution in [0.5, 0.6) is 0 Å². The maximum Gasteiger partial charge on any atom is 0.0160 e. The molecule has 1 heteroatoms. The van der Waals surface area contributed by atoms with Crippen LogP contribution in [0.25, 0.3) is 0 Å². The zero-order valence-corrected chi connectivity index (χ0v) is 12.0. The van der Waals surface area contributed by atoms with Gasteiger partial charge in [0, 0.05) is 5.54 Å². The molecular weight excluding hydrogens is 230 g/mol. The average molecular weight is 257 g/mol. The summed E-state index contributed by atoms with van der Waals surface area (Å²) in [5.41, 5.74) is 10.0. The molecule has 1 atom stereocenters. The van der Waals surface area contributed by atoms with Crippen LogP contribution in [0, 0.1) is 0 Å². The molecule has 1 saturated carbocycles. The summed E-state index contributed by atoms with van der Waals surface area (Å²) in [5, 5.41) is 0. The van der Waals surface area contributed by atoms with E-state index in [1.807, 2.05) is 0 Å². The van der Waals surface area contributed by atoms with Crippen LogP contribution < -0.4 is 5.73 Å². The Morgan fingerprint density at radius 1 is 1.00 bits per heavy atom. The summed E-state index contributed by atoms with van der Waals surface area (Å²) in [5.74, 6) is 0.716. The Morgan fingerprint density at radius 3 is 2.53 bits per heavy atom. The summed E-state index contributed by atoms with van der Waals surface area (Å²) in [6, 6.07) is 9.05. The van der Waals surface area contributed by atoms with Gasteiger partial charge >= 0.3 is 0 Å². The lowest BCUT2D eigenvalue weighted by atomic mass is 9.74. The van der Waals surface area contributed by atoms with Crippen LogP contribution in [0.15, 0.2) is 24.3 Å². The Kier molecular flexibility index (Phi) is 3.93. The first kappa shape index (κ1) is 13.2. The molecule has 1 aromatic rings. The predicted molar refractivity (Wildman–Crippen MR) is 81.4 cm³/mol. The van der Waals surface area contributed by atoms with Gasteiger partial charge in [0.15, 0.2) is 0 Å². The second-order valence-electron chi connectivity index (χ2n) is 6.77. The van der Waals surface area contributed by atoms with E-state index >= 15 is 0 Å². The molecule has 1 fully saturated rings. The Morgan fingerprint density at radius 2 is 1.74 bits per heavy atom. The molecule has 104 valence electrons. The normalized spacial score (nSPS) is 26.5. The molecule has 2 aliphatic rings. The summed E-state index contributed by atoms with van der Waals surface area (Å²) in [6.07, 6.45) is 13.1. The molecule has 0 aromatic heterocycles. The van der Waals surface area contributed by atoms with Gasteiger partial charge in [0.1, 0.15) is 0 Å². The van der Waals surface area contributed by atoms with Gasteiger partial charge in [-0.05, 0) is 55.6 Å². The van der Waals surface area contributed by atoms with Crippen LogP contribution in [0.2, 0.25) is 0 Å². The first-order valence-corrected chi connectivity index (χ1v) is 8.14. The number of rotatable bonds is 2. The maximum atomic E-state index is 6.75. The minimum atomic E-state index is 0.117. The van der Waals surface area contributed by atoms with Crippen molar-refractivity contribution in [2.24, 2.45) is 5.73 Å². The molecule has 2 N–H and O–H groups in total. The number of nitrogens with two attached hydrogens (primary N) is 1. The number of hydrogen-bond donors (Lipinski definition) is 1. The third-order valence-electron chi connectivity index (χ3n) is 5.25. The standard InChI is InChI=1S/C18H27N/c19-18(12-5-1-2-6-13-18)14-16-10-7-9-15-8-3-4-11-17(15)16/h3-4,8,11,16H,1-2,5-7,9-10,12-14,19H2. The van der Waals surface area contributed by atoms with Crippen LogP contribution in [-0.2, 0) is 6.42 Å². The van der Waals surface area contributed by atoms with Crippen molar-refractivity contribution in [3.63, 3.8) is 0 Å². The molecule has 2 aliphatic carbocycles. The van der Waals surface area contributed by atoms with E-state index in [4.69, 9.17) is 5.73 Å². The van der Waals surface area contributed by atoms with E-state index in [-0.39, 0.29) is 5.54 Å². The van der Waals surface area contributed by atoms with Gasteiger partial charge in [0.05, 0.1) is 0 Å². The molecular formula is C18H27N. The van der Waals surface area contributed by atoms with E-state index in [2.05, 4.69) is 24.3 Å². The van der Waals surface area contributed by atoms with Gasteiger partial charge in [0.25, 0.3) is 0 Å². The van der Waals surface area contributed by atoms with Gasteiger partial charge < -0.3 is 5.73 Å². The van der Waals surface area contributed by atoms with Crippen molar-refractivity contribution in [1.29, 1.82) is 0 Å². The van der Waals surface area contributed by atoms with E-state index < -0.39 is 0 Å². The molecule has 0 saturated heterocycles. The van der Waals surface area contributed by atoms with Gasteiger partial charge in [-0.3, -0.25) is 0 Å². The minimum absolute atomic E-state index is 0.117. The molecule has 1 aromatic carbocycles. The van der Waals surface area contributed by atoms with Crippen LogP contribution in [-0.4, -0.2) is 5.54 Å². The van der Waals surface area contributed by atoms with E-state index in [0.717, 1.165) is 0 Å². The van der Waals surface area contributed by atoms with E-state index in [0.29, 0.717) is 5.92 Å². The van der Waals surface area contributed by atoms with E-state index in [1.54, 1.807) is 11.1 Å². The first-order chi connectivity index (χ1) is 9.27. The summed E-state index contributed by atoms with van der Waals surface area (Å²) in [7, 11) is 0. The van der Waals surface area contributed by atoms with Gasteiger partial charge in [-0.2, -0.15) is 0 Å². The molecule has 0 spiro atoms. The van der Waals surface area contributed by atoms with Gasteiger partial charge in [-0.15, -0.1) is 0 Å². The molecule has 0 bridgehead atoms. The molecule has 0 radical (unpaired) electrons. The molecule has 0 amide bonds. The van der Waals surface area contributed by atoms with Crippen LogP contribution >= 0.6 is 0 Å². The largest absolute Gasteiger partial charge is 0.325 e. The number of benzene rings is 1. The summed E-state index contributed by atoms with van der Waals surface area (Å²) < 4.78 is 0. The second kappa shape index (κ2) is 5.66. The fourth-order valence-corrected chi connectivity index (χ4v) is 4.19. The van der Waals surface area contributed by atoms with Crippen molar-refractivity contribution in [1.82, 2.24) is 0 Å². The average Bonchev–Trinajstić information content (AvgIpc) is 2.64. The van der Waals surface area contributed by atoms with Crippen molar-refractivity contribution < 1.29 is 0 Å². The van der Waals surface area contributed by atoms with Crippen molar-refractivity contribution >= 4 is 0 Å². The zero-order chi connectivity index (χ0) is 13.1. The molecule has 3 rings (SSSR count). The van der Waals surface area contributed by atoms with Gasteiger partial charge in [-0.25, -0.2) is 0 Å². The van der Waals surface area contributed by atoms with Crippen molar-refractivity contribution in [2.45, 2.75) is 75.7 Å². The lowest BCUT2D eigenvalue weighted by Crippen LogP contribution is -2.41. The maximum absolute atomic E-state index is 6.75. The van der Waals surface area contributed by atoms with Crippen molar-refractivity contribution in [3.05, 3.63) is 35.4 Å². The lowest BCUT2D eigenvalue weighted by Gasteiger charge is -2.35. The molecule has 0 heterocycles.